The molecular weight excluding hydrogens is 440 g/mol. The molecule has 0 radical (unpaired) electrons. The monoisotopic (exact) mass is 474 g/mol. The highest BCUT2D eigenvalue weighted by Crippen LogP contribution is 2.26. The summed E-state index contributed by atoms with van der Waals surface area (Å²) >= 11 is 0. The smallest absolute Gasteiger partial charge is 0.254 e. The maximum atomic E-state index is 13.7. The molecule has 1 aliphatic rings. The Kier molecular flexibility index (Phi) is 7.92. The van der Waals surface area contributed by atoms with Crippen molar-refractivity contribution in [2.24, 2.45) is 5.92 Å². The summed E-state index contributed by atoms with van der Waals surface area (Å²) in [5.41, 5.74) is 3.29. The Balaban J connectivity index is 1.67. The van der Waals surface area contributed by atoms with Crippen molar-refractivity contribution in [3.63, 3.8) is 0 Å². The van der Waals surface area contributed by atoms with Crippen LogP contribution in [-0.4, -0.2) is 70.0 Å². The molecule has 2 heterocycles. The third-order valence-electron chi connectivity index (χ3n) is 6.29. The van der Waals surface area contributed by atoms with Gasteiger partial charge in [0.15, 0.2) is 5.82 Å². The number of fused-ring (bicyclic) bond motifs is 1. The van der Waals surface area contributed by atoms with Gasteiger partial charge < -0.3 is 14.7 Å². The second-order valence-corrected chi connectivity index (χ2v) is 9.57. The number of benzene rings is 2. The minimum atomic E-state index is -0.0473. The van der Waals surface area contributed by atoms with Gasteiger partial charge in [0.05, 0.1) is 0 Å². The van der Waals surface area contributed by atoms with Crippen LogP contribution in [0.1, 0.15) is 42.6 Å². The van der Waals surface area contributed by atoms with Crippen molar-refractivity contribution in [2.75, 3.05) is 38.1 Å². The summed E-state index contributed by atoms with van der Waals surface area (Å²) in [6, 6.07) is 15.4. The van der Waals surface area contributed by atoms with Gasteiger partial charge in [0.25, 0.3) is 5.91 Å². The number of H-pyrrole nitrogens is 1. The van der Waals surface area contributed by atoms with Crippen molar-refractivity contribution < 1.29 is 9.59 Å². The Morgan fingerprint density at radius 3 is 2.63 bits per heavy atom. The quantitative estimate of drug-likeness (QED) is 0.621. The Hall–Kier alpha value is -3.52. The van der Waals surface area contributed by atoms with Gasteiger partial charge in [-0.3, -0.25) is 14.7 Å². The number of aromatic nitrogens is 3. The lowest BCUT2D eigenvalue weighted by Crippen LogP contribution is -2.37. The molecule has 1 N–H and O–H groups in total. The third-order valence-corrected chi connectivity index (χ3v) is 6.29. The van der Waals surface area contributed by atoms with E-state index < -0.39 is 0 Å². The molecule has 0 atom stereocenters. The van der Waals surface area contributed by atoms with E-state index in [0.717, 1.165) is 36.3 Å². The molecule has 0 bridgehead atoms. The maximum Gasteiger partial charge on any atom is 0.254 e. The van der Waals surface area contributed by atoms with E-state index in [1.54, 1.807) is 0 Å². The first-order valence-electron chi connectivity index (χ1n) is 12.2. The maximum absolute atomic E-state index is 13.7. The van der Waals surface area contributed by atoms with Crippen LogP contribution in [0.5, 0.6) is 0 Å². The average Bonchev–Trinajstić information content (AvgIpc) is 3.38. The Labute approximate surface area is 207 Å². The Morgan fingerprint density at radius 1 is 1.03 bits per heavy atom. The van der Waals surface area contributed by atoms with E-state index in [-0.39, 0.29) is 17.7 Å². The molecule has 0 saturated carbocycles. The highest BCUT2D eigenvalue weighted by atomic mass is 16.2. The van der Waals surface area contributed by atoms with E-state index in [1.807, 2.05) is 58.3 Å². The third kappa shape index (κ3) is 6.14. The lowest BCUT2D eigenvalue weighted by atomic mass is 10.1. The molecule has 0 spiro atoms. The molecule has 184 valence electrons. The van der Waals surface area contributed by atoms with Crippen LogP contribution in [0.3, 0.4) is 0 Å². The van der Waals surface area contributed by atoms with E-state index >= 15 is 0 Å². The number of hydrogen-bond acceptors (Lipinski definition) is 5. The zero-order valence-corrected chi connectivity index (χ0v) is 20.8. The summed E-state index contributed by atoms with van der Waals surface area (Å²) in [5, 5.41) is 6.77. The SMILES string of the molecule is CC(C)CC(=O)N1CCCN(C)CCN(C(=O)c2cccc(-c3ncn[nH]3)c2)Cc2ccccc21. The molecule has 0 fully saturated rings. The summed E-state index contributed by atoms with van der Waals surface area (Å²) in [4.78, 5) is 37.2. The van der Waals surface area contributed by atoms with Gasteiger partial charge in [-0.15, -0.1) is 0 Å². The van der Waals surface area contributed by atoms with E-state index in [9.17, 15) is 9.59 Å². The molecule has 8 nitrogen and oxygen atoms in total. The standard InChI is InChI=1S/C27H34N6O2/c1-20(2)16-25(34)33-13-7-12-31(3)14-15-32(18-23-8-4-5-11-24(23)33)27(35)22-10-6-9-21(17-22)26-28-19-29-30-26/h4-6,8-11,17,19-20H,7,12-16,18H2,1-3H3,(H,28,29,30). The van der Waals surface area contributed by atoms with E-state index in [1.165, 1.54) is 6.33 Å². The van der Waals surface area contributed by atoms with Gasteiger partial charge in [-0.2, -0.15) is 5.10 Å². The highest BCUT2D eigenvalue weighted by Gasteiger charge is 2.24. The summed E-state index contributed by atoms with van der Waals surface area (Å²) < 4.78 is 0. The van der Waals surface area contributed by atoms with Crippen molar-refractivity contribution >= 4 is 17.5 Å². The van der Waals surface area contributed by atoms with Crippen LogP contribution in [0.15, 0.2) is 54.9 Å². The number of aromatic amines is 1. The molecule has 0 saturated heterocycles. The molecule has 4 rings (SSSR count). The molecular formula is C27H34N6O2. The number of likely N-dealkylation sites (N-methyl/N-ethyl adjacent to an activating group) is 1. The van der Waals surface area contributed by atoms with Gasteiger partial charge in [-0.05, 0) is 49.7 Å². The molecule has 1 aromatic heterocycles. The fourth-order valence-corrected chi connectivity index (χ4v) is 4.43. The zero-order valence-electron chi connectivity index (χ0n) is 20.8. The van der Waals surface area contributed by atoms with Gasteiger partial charge >= 0.3 is 0 Å². The predicted molar refractivity (Wildman–Crippen MR) is 137 cm³/mol. The summed E-state index contributed by atoms with van der Waals surface area (Å²) in [6.45, 7) is 7.44. The fourth-order valence-electron chi connectivity index (χ4n) is 4.43. The van der Waals surface area contributed by atoms with Crippen LogP contribution >= 0.6 is 0 Å². The number of carbonyl (C=O) groups excluding carboxylic acids is 2. The number of nitrogens with zero attached hydrogens (tertiary/aromatic N) is 5. The Bertz CT molecular complexity index is 1140. The first kappa shape index (κ1) is 24.6. The van der Waals surface area contributed by atoms with Crippen molar-refractivity contribution in [2.45, 2.75) is 33.2 Å². The number of rotatable bonds is 4. The lowest BCUT2D eigenvalue weighted by Gasteiger charge is -2.28. The zero-order chi connectivity index (χ0) is 24.8. The first-order chi connectivity index (χ1) is 16.9. The minimum Gasteiger partial charge on any atom is -0.333 e. The molecule has 0 aliphatic carbocycles. The van der Waals surface area contributed by atoms with Crippen LogP contribution < -0.4 is 4.90 Å². The van der Waals surface area contributed by atoms with Crippen molar-refractivity contribution in [3.05, 3.63) is 66.0 Å². The molecule has 1 aliphatic heterocycles. The number of hydrogen-bond donors (Lipinski definition) is 1. The Morgan fingerprint density at radius 2 is 1.86 bits per heavy atom. The molecule has 2 aromatic carbocycles. The first-order valence-corrected chi connectivity index (χ1v) is 12.2. The molecule has 35 heavy (non-hydrogen) atoms. The van der Waals surface area contributed by atoms with Crippen molar-refractivity contribution in [1.82, 2.24) is 25.0 Å². The highest BCUT2D eigenvalue weighted by molar-refractivity contribution is 5.96. The van der Waals surface area contributed by atoms with Crippen LogP contribution in [0.4, 0.5) is 5.69 Å². The number of amides is 2. The molecule has 3 aromatic rings. The summed E-state index contributed by atoms with van der Waals surface area (Å²) in [7, 11) is 2.07. The van der Waals surface area contributed by atoms with E-state index in [0.29, 0.717) is 37.4 Å². The lowest BCUT2D eigenvalue weighted by molar-refractivity contribution is -0.119. The van der Waals surface area contributed by atoms with Gasteiger partial charge in [0, 0.05) is 49.4 Å². The molecule has 8 heteroatoms. The van der Waals surface area contributed by atoms with Gasteiger partial charge in [0.1, 0.15) is 6.33 Å². The largest absolute Gasteiger partial charge is 0.333 e. The van der Waals surface area contributed by atoms with Crippen LogP contribution in [-0.2, 0) is 11.3 Å². The molecule has 0 unspecified atom stereocenters. The van der Waals surface area contributed by atoms with Crippen LogP contribution in [0.25, 0.3) is 11.4 Å². The summed E-state index contributed by atoms with van der Waals surface area (Å²) in [6.07, 6.45) is 2.83. The minimum absolute atomic E-state index is 0.0473. The number of carbonyl (C=O) groups is 2. The average molecular weight is 475 g/mol. The van der Waals surface area contributed by atoms with E-state index in [2.05, 4.69) is 41.0 Å². The number of anilines is 1. The predicted octanol–water partition coefficient (Wildman–Crippen LogP) is 3.83. The second kappa shape index (κ2) is 11.3. The summed E-state index contributed by atoms with van der Waals surface area (Å²) in [5.74, 6) is 0.993. The second-order valence-electron chi connectivity index (χ2n) is 9.57. The molecule has 2 amide bonds. The van der Waals surface area contributed by atoms with Gasteiger partial charge in [-0.25, -0.2) is 4.98 Å². The van der Waals surface area contributed by atoms with Gasteiger partial charge in [-0.1, -0.05) is 44.2 Å². The fraction of sp³-hybridized carbons (Fsp3) is 0.407. The van der Waals surface area contributed by atoms with Crippen LogP contribution in [0.2, 0.25) is 0 Å². The van der Waals surface area contributed by atoms with Gasteiger partial charge in [0.2, 0.25) is 5.91 Å². The number of para-hydroxylation sites is 1. The normalized spacial score (nSPS) is 15.5. The number of nitrogens with one attached hydrogen (secondary N) is 1. The van der Waals surface area contributed by atoms with Crippen LogP contribution in [0, 0.1) is 5.92 Å². The van der Waals surface area contributed by atoms with Crippen molar-refractivity contribution in [1.29, 1.82) is 0 Å². The van der Waals surface area contributed by atoms with E-state index in [4.69, 9.17) is 0 Å². The van der Waals surface area contributed by atoms with Crippen molar-refractivity contribution in [3.8, 4) is 11.4 Å². The topological polar surface area (TPSA) is 85.4 Å².